The van der Waals surface area contributed by atoms with Gasteiger partial charge in [0, 0.05) is 13.0 Å². The molecule has 184 valence electrons. The van der Waals surface area contributed by atoms with Gasteiger partial charge in [-0.2, -0.15) is 0 Å². The topological polar surface area (TPSA) is 29.1 Å². The van der Waals surface area contributed by atoms with Gasteiger partial charge in [0.1, 0.15) is 0 Å². The normalized spacial score (nSPS) is 23.4. The van der Waals surface area contributed by atoms with E-state index in [1.807, 2.05) is 0 Å². The Morgan fingerprint density at radius 1 is 0.323 bits per heavy atom. The average Bonchev–Trinajstić information content (AvgIpc) is 2.77. The van der Waals surface area contributed by atoms with E-state index >= 15 is 0 Å². The Morgan fingerprint density at radius 3 is 0.839 bits per heavy atom. The molecule has 1 amide bonds. The van der Waals surface area contributed by atoms with E-state index in [9.17, 15) is 4.79 Å². The predicted molar refractivity (Wildman–Crippen MR) is 138 cm³/mol. The van der Waals surface area contributed by atoms with Crippen molar-refractivity contribution in [2.75, 3.05) is 6.54 Å². The molecule has 0 bridgehead atoms. The summed E-state index contributed by atoms with van der Waals surface area (Å²) in [5.41, 5.74) is 0. The second-order valence-corrected chi connectivity index (χ2v) is 10.3. The van der Waals surface area contributed by atoms with Gasteiger partial charge >= 0.3 is 0 Å². The number of amides is 1. The minimum atomic E-state index is 0.277. The average molecular weight is 436 g/mol. The molecule has 0 aliphatic carbocycles. The summed E-state index contributed by atoms with van der Waals surface area (Å²) >= 11 is 0. The standard InChI is InChI=1S/C29H57NO/c31-29-27-25-23-21-19-17-15-13-11-9-7-5-3-1-2-4-6-8-10-12-14-16-18-20-22-24-26-28-30-29/h1-28H2,(H,30,31). The highest BCUT2D eigenvalue weighted by Crippen LogP contribution is 2.16. The van der Waals surface area contributed by atoms with Gasteiger partial charge in [-0.3, -0.25) is 4.79 Å². The first-order chi connectivity index (χ1) is 15.4. The van der Waals surface area contributed by atoms with Gasteiger partial charge in [0.15, 0.2) is 0 Å². The summed E-state index contributed by atoms with van der Waals surface area (Å²) in [5.74, 6) is 0.277. The zero-order chi connectivity index (χ0) is 22.1. The molecule has 0 spiro atoms. The van der Waals surface area contributed by atoms with Crippen molar-refractivity contribution >= 4 is 5.91 Å². The van der Waals surface area contributed by atoms with Crippen LogP contribution in [0, 0.1) is 0 Å². The third kappa shape index (κ3) is 22.5. The molecular weight excluding hydrogens is 378 g/mol. The van der Waals surface area contributed by atoms with E-state index in [-0.39, 0.29) is 5.91 Å². The molecule has 2 heteroatoms. The molecule has 0 aromatic heterocycles. The summed E-state index contributed by atoms with van der Waals surface area (Å²) in [7, 11) is 0. The summed E-state index contributed by atoms with van der Waals surface area (Å²) in [6.45, 7) is 0.888. The first kappa shape index (κ1) is 28.5. The maximum absolute atomic E-state index is 11.9. The lowest BCUT2D eigenvalue weighted by molar-refractivity contribution is -0.121. The largest absolute Gasteiger partial charge is 0.356 e. The van der Waals surface area contributed by atoms with Crippen molar-refractivity contribution in [1.82, 2.24) is 5.32 Å². The molecule has 0 saturated carbocycles. The lowest BCUT2D eigenvalue weighted by Crippen LogP contribution is -2.23. The zero-order valence-electron chi connectivity index (χ0n) is 21.2. The highest BCUT2D eigenvalue weighted by Gasteiger charge is 2.01. The third-order valence-corrected chi connectivity index (χ3v) is 7.15. The van der Waals surface area contributed by atoms with E-state index in [4.69, 9.17) is 0 Å². The molecule has 1 saturated heterocycles. The lowest BCUT2D eigenvalue weighted by atomic mass is 10.0. The molecule has 31 heavy (non-hydrogen) atoms. The van der Waals surface area contributed by atoms with Crippen molar-refractivity contribution in [3.8, 4) is 0 Å². The maximum Gasteiger partial charge on any atom is 0.219 e. The Kier molecular flexibility index (Phi) is 22.2. The second kappa shape index (κ2) is 24.1. The van der Waals surface area contributed by atoms with E-state index < -0.39 is 0 Å². The molecule has 1 aliphatic rings. The monoisotopic (exact) mass is 435 g/mol. The van der Waals surface area contributed by atoms with Crippen LogP contribution >= 0.6 is 0 Å². The fourth-order valence-corrected chi connectivity index (χ4v) is 4.97. The Bertz CT molecular complexity index is 336. The molecule has 1 N–H and O–H groups in total. The number of hydrogen-bond acceptors (Lipinski definition) is 1. The van der Waals surface area contributed by atoms with Gasteiger partial charge in [-0.1, -0.05) is 154 Å². The third-order valence-electron chi connectivity index (χ3n) is 7.15. The van der Waals surface area contributed by atoms with Crippen LogP contribution in [0.1, 0.15) is 173 Å². The number of carbonyl (C=O) groups is 1. The van der Waals surface area contributed by atoms with Crippen molar-refractivity contribution in [2.24, 2.45) is 0 Å². The van der Waals surface area contributed by atoms with Crippen LogP contribution in [0.15, 0.2) is 0 Å². The zero-order valence-corrected chi connectivity index (χ0v) is 21.2. The molecule has 0 aromatic rings. The number of rotatable bonds is 0. The van der Waals surface area contributed by atoms with Crippen LogP contribution in [0.4, 0.5) is 0 Å². The van der Waals surface area contributed by atoms with Crippen LogP contribution in [0.3, 0.4) is 0 Å². The number of nitrogens with one attached hydrogen (secondary N) is 1. The van der Waals surface area contributed by atoms with Gasteiger partial charge in [0.2, 0.25) is 5.91 Å². The molecule has 0 unspecified atom stereocenters. The summed E-state index contributed by atoms with van der Waals surface area (Å²) in [5, 5.41) is 3.12. The highest BCUT2D eigenvalue weighted by atomic mass is 16.1. The summed E-state index contributed by atoms with van der Waals surface area (Å²) < 4.78 is 0. The van der Waals surface area contributed by atoms with Crippen molar-refractivity contribution in [3.63, 3.8) is 0 Å². The quantitative estimate of drug-likeness (QED) is 0.403. The highest BCUT2D eigenvalue weighted by molar-refractivity contribution is 5.75. The van der Waals surface area contributed by atoms with Crippen LogP contribution in [-0.4, -0.2) is 12.5 Å². The molecule has 0 atom stereocenters. The van der Waals surface area contributed by atoms with Gasteiger partial charge in [-0.15, -0.1) is 0 Å². The SMILES string of the molecule is O=C1CCCCCCCCCCCCCCCCCCCCCCCCCCCCN1. The molecule has 1 fully saturated rings. The molecule has 1 aliphatic heterocycles. The fourth-order valence-electron chi connectivity index (χ4n) is 4.97. The maximum atomic E-state index is 11.9. The number of carbonyl (C=O) groups excluding carboxylic acids is 1. The predicted octanol–water partition coefficient (Wildman–Crippen LogP) is 9.65. The molecule has 2 nitrogen and oxygen atoms in total. The Morgan fingerprint density at radius 2 is 0.548 bits per heavy atom. The Hall–Kier alpha value is -0.530. The molecule has 1 heterocycles. The molecule has 1 rings (SSSR count). The van der Waals surface area contributed by atoms with Gasteiger partial charge < -0.3 is 5.32 Å². The van der Waals surface area contributed by atoms with E-state index in [1.165, 1.54) is 154 Å². The molecule has 0 radical (unpaired) electrons. The van der Waals surface area contributed by atoms with E-state index in [2.05, 4.69) is 5.32 Å². The first-order valence-electron chi connectivity index (χ1n) is 14.7. The summed E-state index contributed by atoms with van der Waals surface area (Å²) in [6.07, 6.45) is 37.0. The van der Waals surface area contributed by atoms with Crippen LogP contribution in [-0.2, 0) is 4.79 Å². The van der Waals surface area contributed by atoms with Gasteiger partial charge in [-0.05, 0) is 12.8 Å². The van der Waals surface area contributed by atoms with Gasteiger partial charge in [-0.25, -0.2) is 0 Å². The van der Waals surface area contributed by atoms with Crippen LogP contribution < -0.4 is 5.32 Å². The molecule has 0 aromatic carbocycles. The van der Waals surface area contributed by atoms with E-state index in [1.54, 1.807) is 0 Å². The van der Waals surface area contributed by atoms with Gasteiger partial charge in [0.25, 0.3) is 0 Å². The van der Waals surface area contributed by atoms with Crippen molar-refractivity contribution < 1.29 is 4.79 Å². The van der Waals surface area contributed by atoms with E-state index in [0.29, 0.717) is 0 Å². The Labute approximate surface area is 196 Å². The van der Waals surface area contributed by atoms with Crippen molar-refractivity contribution in [2.45, 2.75) is 173 Å². The first-order valence-corrected chi connectivity index (χ1v) is 14.7. The van der Waals surface area contributed by atoms with Crippen LogP contribution in [0.5, 0.6) is 0 Å². The lowest BCUT2D eigenvalue weighted by Gasteiger charge is -2.06. The van der Waals surface area contributed by atoms with E-state index in [0.717, 1.165) is 25.8 Å². The smallest absolute Gasteiger partial charge is 0.219 e. The molecular formula is C29H57NO. The fraction of sp³-hybridized carbons (Fsp3) is 0.966. The summed E-state index contributed by atoms with van der Waals surface area (Å²) in [6, 6.07) is 0. The summed E-state index contributed by atoms with van der Waals surface area (Å²) in [4.78, 5) is 11.9. The van der Waals surface area contributed by atoms with Crippen molar-refractivity contribution in [1.29, 1.82) is 0 Å². The number of hydrogen-bond donors (Lipinski definition) is 1. The van der Waals surface area contributed by atoms with Crippen LogP contribution in [0.2, 0.25) is 0 Å². The minimum absolute atomic E-state index is 0.277. The second-order valence-electron chi connectivity index (χ2n) is 10.3. The van der Waals surface area contributed by atoms with Crippen molar-refractivity contribution in [3.05, 3.63) is 0 Å². The minimum Gasteiger partial charge on any atom is -0.356 e. The van der Waals surface area contributed by atoms with Crippen LogP contribution in [0.25, 0.3) is 0 Å². The van der Waals surface area contributed by atoms with Gasteiger partial charge in [0.05, 0.1) is 0 Å². The Balaban J connectivity index is 2.06.